The molecule has 0 atom stereocenters. The zero-order chi connectivity index (χ0) is 15.8. The van der Waals surface area contributed by atoms with Crippen LogP contribution in [0.15, 0.2) is 24.3 Å². The fourth-order valence-electron chi connectivity index (χ4n) is 1.45. The van der Waals surface area contributed by atoms with Gasteiger partial charge in [0.25, 0.3) is 0 Å². The van der Waals surface area contributed by atoms with Gasteiger partial charge < -0.3 is 26.0 Å². The number of amides is 4. The first-order chi connectivity index (χ1) is 9.91. The normalized spacial score (nSPS) is 9.62. The Morgan fingerprint density at radius 2 is 1.71 bits per heavy atom. The Kier molecular flexibility index (Phi) is 5.99. The fraction of sp³-hybridized carbons (Fsp3) is 0.308. The van der Waals surface area contributed by atoms with E-state index >= 15 is 0 Å². The summed E-state index contributed by atoms with van der Waals surface area (Å²) in [6.45, 7) is 0.492. The lowest BCUT2D eigenvalue weighted by atomic mass is 10.2. The van der Waals surface area contributed by atoms with Crippen molar-refractivity contribution in [1.82, 2.24) is 15.5 Å². The molecule has 1 rings (SSSR count). The smallest absolute Gasteiger partial charge is 0.337 e. The van der Waals surface area contributed by atoms with Gasteiger partial charge in [-0.15, -0.1) is 0 Å². The number of para-hydroxylation sites is 1. The van der Waals surface area contributed by atoms with Crippen LogP contribution in [0.3, 0.4) is 0 Å². The van der Waals surface area contributed by atoms with Crippen molar-refractivity contribution in [2.24, 2.45) is 0 Å². The van der Waals surface area contributed by atoms with E-state index in [4.69, 9.17) is 5.11 Å². The number of carbonyl (C=O) groups excluding carboxylic acids is 2. The number of nitrogens with one attached hydrogen (secondary N) is 3. The number of aromatic carboxylic acids is 1. The summed E-state index contributed by atoms with van der Waals surface area (Å²) >= 11 is 0. The molecule has 4 amide bonds. The Morgan fingerprint density at radius 1 is 1.10 bits per heavy atom. The van der Waals surface area contributed by atoms with E-state index in [0.717, 1.165) is 0 Å². The maximum Gasteiger partial charge on any atom is 0.337 e. The van der Waals surface area contributed by atoms with E-state index in [2.05, 4.69) is 16.0 Å². The highest BCUT2D eigenvalue weighted by Gasteiger charge is 2.11. The van der Waals surface area contributed by atoms with Crippen LogP contribution in [0.5, 0.6) is 0 Å². The maximum absolute atomic E-state index is 11.6. The topological polar surface area (TPSA) is 111 Å². The van der Waals surface area contributed by atoms with Gasteiger partial charge in [-0.05, 0) is 12.1 Å². The second-order valence-electron chi connectivity index (χ2n) is 4.36. The van der Waals surface area contributed by atoms with Crippen molar-refractivity contribution in [1.29, 1.82) is 0 Å². The molecule has 21 heavy (non-hydrogen) atoms. The molecule has 0 saturated heterocycles. The average Bonchev–Trinajstić information content (AvgIpc) is 2.43. The Balaban J connectivity index is 2.41. The second-order valence-corrected chi connectivity index (χ2v) is 4.36. The number of carboxylic acid groups (broad SMARTS) is 1. The summed E-state index contributed by atoms with van der Waals surface area (Å²) in [6.07, 6.45) is 0. The lowest BCUT2D eigenvalue weighted by molar-refractivity contribution is 0.0698. The molecule has 8 heteroatoms. The number of nitrogens with zero attached hydrogens (tertiary/aromatic N) is 1. The molecule has 8 nitrogen and oxygen atoms in total. The molecule has 0 aromatic heterocycles. The third kappa shape index (κ3) is 5.39. The fourth-order valence-corrected chi connectivity index (χ4v) is 1.45. The van der Waals surface area contributed by atoms with Gasteiger partial charge in [0.15, 0.2) is 0 Å². The Morgan fingerprint density at radius 3 is 2.33 bits per heavy atom. The van der Waals surface area contributed by atoms with Crippen LogP contribution < -0.4 is 16.0 Å². The number of carbonyl (C=O) groups is 3. The van der Waals surface area contributed by atoms with E-state index in [9.17, 15) is 14.4 Å². The third-order valence-electron chi connectivity index (χ3n) is 2.50. The van der Waals surface area contributed by atoms with Gasteiger partial charge in [-0.25, -0.2) is 14.4 Å². The molecule has 0 aliphatic heterocycles. The lowest BCUT2D eigenvalue weighted by Crippen LogP contribution is -2.40. The van der Waals surface area contributed by atoms with Crippen LogP contribution in [0.25, 0.3) is 0 Å². The van der Waals surface area contributed by atoms with E-state index in [1.807, 2.05) is 0 Å². The first-order valence-corrected chi connectivity index (χ1v) is 6.24. The predicted molar refractivity (Wildman–Crippen MR) is 77.5 cm³/mol. The zero-order valence-corrected chi connectivity index (χ0v) is 11.8. The van der Waals surface area contributed by atoms with Gasteiger partial charge in [-0.1, -0.05) is 12.1 Å². The molecular formula is C13H18N4O4. The summed E-state index contributed by atoms with van der Waals surface area (Å²) in [4.78, 5) is 35.2. The van der Waals surface area contributed by atoms with E-state index in [0.29, 0.717) is 0 Å². The van der Waals surface area contributed by atoms with E-state index < -0.39 is 12.0 Å². The van der Waals surface area contributed by atoms with Crippen molar-refractivity contribution in [2.45, 2.75) is 0 Å². The first-order valence-electron chi connectivity index (χ1n) is 6.24. The van der Waals surface area contributed by atoms with Gasteiger partial charge in [0.2, 0.25) is 0 Å². The summed E-state index contributed by atoms with van der Waals surface area (Å²) in [5.74, 6) is -1.12. The largest absolute Gasteiger partial charge is 0.478 e. The monoisotopic (exact) mass is 294 g/mol. The zero-order valence-electron chi connectivity index (χ0n) is 11.8. The number of anilines is 1. The van der Waals surface area contributed by atoms with E-state index in [1.165, 1.54) is 17.0 Å². The summed E-state index contributed by atoms with van der Waals surface area (Å²) in [5.41, 5.74) is 0.216. The first kappa shape index (κ1) is 16.3. The van der Waals surface area contributed by atoms with Crippen LogP contribution in [0, 0.1) is 0 Å². The molecule has 1 aromatic carbocycles. The summed E-state index contributed by atoms with van der Waals surface area (Å²) < 4.78 is 0. The minimum absolute atomic E-state index is 0.00793. The SMILES string of the molecule is CN(C)C(=O)NCCNC(=O)Nc1ccccc1C(=O)O. The Bertz CT molecular complexity index is 531. The highest BCUT2D eigenvalue weighted by Crippen LogP contribution is 2.14. The number of carboxylic acids is 1. The maximum atomic E-state index is 11.6. The van der Waals surface area contributed by atoms with Crippen LogP contribution in [0.2, 0.25) is 0 Å². The van der Waals surface area contributed by atoms with Gasteiger partial charge in [0, 0.05) is 27.2 Å². The minimum atomic E-state index is -1.12. The summed E-state index contributed by atoms with van der Waals surface area (Å²) in [7, 11) is 3.22. The van der Waals surface area contributed by atoms with Crippen LogP contribution in [-0.2, 0) is 0 Å². The van der Waals surface area contributed by atoms with E-state index in [-0.39, 0.29) is 30.4 Å². The van der Waals surface area contributed by atoms with Gasteiger partial charge in [-0.2, -0.15) is 0 Å². The summed E-state index contributed by atoms with van der Waals surface area (Å²) in [6, 6.07) is 5.30. The standard InChI is InChI=1S/C13H18N4O4/c1-17(2)13(21)15-8-7-14-12(20)16-10-6-4-3-5-9(10)11(18)19/h3-6H,7-8H2,1-2H3,(H,15,21)(H,18,19)(H2,14,16,20). The van der Waals surface area contributed by atoms with Gasteiger partial charge >= 0.3 is 18.0 Å². The molecule has 0 heterocycles. The van der Waals surface area contributed by atoms with Crippen LogP contribution in [0.1, 0.15) is 10.4 Å². The molecular weight excluding hydrogens is 276 g/mol. The predicted octanol–water partition coefficient (Wildman–Crippen LogP) is 0.777. The molecule has 0 saturated carbocycles. The van der Waals surface area contributed by atoms with Crippen LogP contribution >= 0.6 is 0 Å². The number of rotatable bonds is 5. The van der Waals surface area contributed by atoms with Gasteiger partial charge in [0.05, 0.1) is 11.3 Å². The number of urea groups is 2. The van der Waals surface area contributed by atoms with E-state index in [1.54, 1.807) is 26.2 Å². The van der Waals surface area contributed by atoms with Crippen molar-refractivity contribution in [3.8, 4) is 0 Å². The van der Waals surface area contributed by atoms with Crippen LogP contribution in [0.4, 0.5) is 15.3 Å². The molecule has 1 aromatic rings. The average molecular weight is 294 g/mol. The van der Waals surface area contributed by atoms with Gasteiger partial charge in [-0.3, -0.25) is 0 Å². The lowest BCUT2D eigenvalue weighted by Gasteiger charge is -2.13. The highest BCUT2D eigenvalue weighted by atomic mass is 16.4. The van der Waals surface area contributed by atoms with Crippen LogP contribution in [-0.4, -0.2) is 55.2 Å². The molecule has 0 bridgehead atoms. The van der Waals surface area contributed by atoms with Crippen molar-refractivity contribution < 1.29 is 19.5 Å². The summed E-state index contributed by atoms with van der Waals surface area (Å²) in [5, 5.41) is 16.5. The second kappa shape index (κ2) is 7.73. The molecule has 0 aliphatic carbocycles. The van der Waals surface area contributed by atoms with Crippen molar-refractivity contribution in [2.75, 3.05) is 32.5 Å². The number of benzene rings is 1. The Hall–Kier alpha value is -2.77. The molecule has 0 radical (unpaired) electrons. The third-order valence-corrected chi connectivity index (χ3v) is 2.50. The molecule has 0 unspecified atom stereocenters. The quantitative estimate of drug-likeness (QED) is 0.601. The number of hydrogen-bond donors (Lipinski definition) is 4. The van der Waals surface area contributed by atoms with Crippen molar-refractivity contribution in [3.63, 3.8) is 0 Å². The minimum Gasteiger partial charge on any atom is -0.478 e. The van der Waals surface area contributed by atoms with Crippen molar-refractivity contribution in [3.05, 3.63) is 29.8 Å². The molecule has 114 valence electrons. The van der Waals surface area contributed by atoms with Gasteiger partial charge in [0.1, 0.15) is 0 Å². The Labute approximate surface area is 122 Å². The molecule has 0 aliphatic rings. The van der Waals surface area contributed by atoms with Crippen molar-refractivity contribution >= 4 is 23.7 Å². The molecule has 4 N–H and O–H groups in total. The number of hydrogen-bond acceptors (Lipinski definition) is 3. The molecule has 0 spiro atoms. The molecule has 0 fully saturated rings. The highest BCUT2D eigenvalue weighted by molar-refractivity contribution is 5.99.